The summed E-state index contributed by atoms with van der Waals surface area (Å²) in [5.41, 5.74) is -0.269. The second-order valence-electron chi connectivity index (χ2n) is 6.25. The molecular weight excluding hydrogens is 286 g/mol. The molecule has 1 atom stereocenters. The van der Waals surface area contributed by atoms with E-state index in [0.29, 0.717) is 25.5 Å². The summed E-state index contributed by atoms with van der Waals surface area (Å²) in [4.78, 5) is 30.0. The Hall–Kier alpha value is -2.05. The average molecular weight is 309 g/mol. The maximum absolute atomic E-state index is 12.3. The monoisotopic (exact) mass is 309 g/mol. The first-order valence-corrected chi connectivity index (χ1v) is 7.46. The fourth-order valence-corrected chi connectivity index (χ4v) is 2.36. The van der Waals surface area contributed by atoms with Crippen molar-refractivity contribution in [2.75, 3.05) is 13.2 Å². The van der Waals surface area contributed by atoms with Crippen LogP contribution in [0.2, 0.25) is 0 Å². The number of esters is 1. The molecule has 0 aromatic carbocycles. The molecule has 1 aromatic rings. The molecule has 22 heavy (non-hydrogen) atoms. The van der Waals surface area contributed by atoms with E-state index in [1.54, 1.807) is 18.0 Å². The summed E-state index contributed by atoms with van der Waals surface area (Å²) in [5.74, 6) is 0.223. The fourth-order valence-electron chi connectivity index (χ4n) is 2.36. The molecule has 2 heterocycles. The molecule has 1 aliphatic heterocycles. The zero-order valence-electron chi connectivity index (χ0n) is 13.8. The van der Waals surface area contributed by atoms with E-state index in [0.717, 1.165) is 0 Å². The number of aromatic nitrogens is 2. The summed E-state index contributed by atoms with van der Waals surface area (Å²) in [6.45, 7) is 10.5. The molecule has 0 N–H and O–H groups in total. The number of carbonyl (C=O) groups is 2. The second-order valence-corrected chi connectivity index (χ2v) is 6.25. The largest absolute Gasteiger partial charge is 0.461 e. The van der Waals surface area contributed by atoms with Gasteiger partial charge in [0.1, 0.15) is 11.4 Å². The Morgan fingerprint density at radius 3 is 2.64 bits per heavy atom. The first kappa shape index (κ1) is 16.3. The van der Waals surface area contributed by atoms with Gasteiger partial charge in [0, 0.05) is 19.3 Å². The van der Waals surface area contributed by atoms with Gasteiger partial charge in [-0.25, -0.2) is 14.6 Å². The van der Waals surface area contributed by atoms with E-state index in [9.17, 15) is 9.59 Å². The number of hydrogen-bond acceptors (Lipinski definition) is 5. The van der Waals surface area contributed by atoms with Crippen molar-refractivity contribution in [3.8, 4) is 0 Å². The quantitative estimate of drug-likeness (QED) is 0.784. The number of hydrogen-bond donors (Lipinski definition) is 0. The van der Waals surface area contributed by atoms with Gasteiger partial charge in [-0.2, -0.15) is 0 Å². The molecule has 1 unspecified atom stereocenters. The molecule has 0 bridgehead atoms. The third-order valence-electron chi connectivity index (χ3n) is 3.34. The van der Waals surface area contributed by atoms with Gasteiger partial charge in [0.15, 0.2) is 5.69 Å². The fraction of sp³-hybridized carbons (Fsp3) is 0.667. The van der Waals surface area contributed by atoms with Gasteiger partial charge in [0.25, 0.3) is 0 Å². The van der Waals surface area contributed by atoms with E-state index in [2.05, 4.69) is 4.98 Å². The number of nitrogens with zero attached hydrogens (tertiary/aromatic N) is 3. The first-order valence-electron chi connectivity index (χ1n) is 7.46. The Balaban J connectivity index is 2.17. The van der Waals surface area contributed by atoms with Crippen LogP contribution in [0.1, 0.15) is 57.0 Å². The highest BCUT2D eigenvalue weighted by molar-refractivity contribution is 5.87. The minimum absolute atomic E-state index is 0.258. The van der Waals surface area contributed by atoms with E-state index in [1.807, 2.05) is 32.3 Å². The van der Waals surface area contributed by atoms with E-state index in [-0.39, 0.29) is 17.8 Å². The lowest BCUT2D eigenvalue weighted by molar-refractivity contribution is 0.0121. The number of fused-ring (bicyclic) bond motifs is 1. The van der Waals surface area contributed by atoms with Crippen molar-refractivity contribution >= 4 is 12.1 Å². The van der Waals surface area contributed by atoms with Crippen LogP contribution in [-0.4, -0.2) is 45.3 Å². The summed E-state index contributed by atoms with van der Waals surface area (Å²) in [5, 5.41) is 0. The van der Waals surface area contributed by atoms with Gasteiger partial charge in [-0.05, 0) is 34.6 Å². The SMILES string of the molecule is CCOC(=O)c1cn2c(n1)C(C)N(C(=O)OC(C)(C)C)CC2. The van der Waals surface area contributed by atoms with Gasteiger partial charge >= 0.3 is 12.1 Å². The normalized spacial score (nSPS) is 17.9. The lowest BCUT2D eigenvalue weighted by Gasteiger charge is -2.34. The van der Waals surface area contributed by atoms with Gasteiger partial charge in [-0.1, -0.05) is 0 Å². The summed E-state index contributed by atoms with van der Waals surface area (Å²) in [7, 11) is 0. The van der Waals surface area contributed by atoms with Crippen molar-refractivity contribution in [3.63, 3.8) is 0 Å². The average Bonchev–Trinajstić information content (AvgIpc) is 2.82. The smallest absolute Gasteiger partial charge is 0.410 e. The topological polar surface area (TPSA) is 73.7 Å². The van der Waals surface area contributed by atoms with Crippen LogP contribution >= 0.6 is 0 Å². The van der Waals surface area contributed by atoms with Crippen molar-refractivity contribution in [1.29, 1.82) is 0 Å². The summed E-state index contributed by atoms with van der Waals surface area (Å²) in [6.07, 6.45) is 1.31. The molecule has 2 rings (SSSR count). The standard InChI is InChI=1S/C15H23N3O4/c1-6-21-13(19)11-9-17-7-8-18(10(2)12(17)16-11)14(20)22-15(3,4)5/h9-10H,6-8H2,1-5H3. The summed E-state index contributed by atoms with van der Waals surface area (Å²) < 4.78 is 12.3. The highest BCUT2D eigenvalue weighted by Crippen LogP contribution is 2.26. The molecule has 0 spiro atoms. The molecule has 7 heteroatoms. The zero-order valence-corrected chi connectivity index (χ0v) is 13.8. The highest BCUT2D eigenvalue weighted by atomic mass is 16.6. The number of carbonyl (C=O) groups excluding carboxylic acids is 2. The zero-order chi connectivity index (χ0) is 16.5. The molecule has 1 amide bonds. The Labute approximate surface area is 130 Å². The van der Waals surface area contributed by atoms with Crippen LogP contribution in [0.3, 0.4) is 0 Å². The Morgan fingerprint density at radius 1 is 1.36 bits per heavy atom. The molecule has 0 saturated carbocycles. The molecule has 122 valence electrons. The van der Waals surface area contributed by atoms with Crippen molar-refractivity contribution < 1.29 is 19.1 Å². The third kappa shape index (κ3) is 3.40. The maximum Gasteiger partial charge on any atom is 0.410 e. The molecular formula is C15H23N3O4. The van der Waals surface area contributed by atoms with Crippen LogP contribution in [0.5, 0.6) is 0 Å². The number of amides is 1. The summed E-state index contributed by atoms with van der Waals surface area (Å²) in [6, 6.07) is -0.258. The maximum atomic E-state index is 12.3. The van der Waals surface area contributed by atoms with Gasteiger partial charge in [-0.15, -0.1) is 0 Å². The minimum atomic E-state index is -0.542. The lowest BCUT2D eigenvalue weighted by atomic mass is 10.2. The third-order valence-corrected chi connectivity index (χ3v) is 3.34. The van der Waals surface area contributed by atoms with Crippen LogP contribution in [0.15, 0.2) is 6.20 Å². The van der Waals surface area contributed by atoms with Crippen LogP contribution in [0, 0.1) is 0 Å². The number of imidazole rings is 1. The first-order chi connectivity index (χ1) is 10.2. The highest BCUT2D eigenvalue weighted by Gasteiger charge is 2.33. The predicted octanol–water partition coefficient (Wildman–Crippen LogP) is 2.37. The van der Waals surface area contributed by atoms with Crippen molar-refractivity contribution in [1.82, 2.24) is 14.5 Å². The molecule has 0 saturated heterocycles. The molecule has 0 aliphatic carbocycles. The number of rotatable bonds is 2. The lowest BCUT2D eigenvalue weighted by Crippen LogP contribution is -2.43. The van der Waals surface area contributed by atoms with Crippen LogP contribution in [0.25, 0.3) is 0 Å². The minimum Gasteiger partial charge on any atom is -0.461 e. The van der Waals surface area contributed by atoms with Gasteiger partial charge in [-0.3, -0.25) is 4.90 Å². The Kier molecular flexibility index (Phi) is 4.44. The van der Waals surface area contributed by atoms with E-state index in [1.165, 1.54) is 0 Å². The van der Waals surface area contributed by atoms with E-state index >= 15 is 0 Å². The molecule has 1 aliphatic rings. The Bertz CT molecular complexity index is 574. The molecule has 7 nitrogen and oxygen atoms in total. The molecule has 0 fully saturated rings. The predicted molar refractivity (Wildman–Crippen MR) is 79.5 cm³/mol. The van der Waals surface area contributed by atoms with Crippen molar-refractivity contribution in [2.45, 2.75) is 52.8 Å². The number of ether oxygens (including phenoxy) is 2. The van der Waals surface area contributed by atoms with Crippen LogP contribution in [-0.2, 0) is 16.0 Å². The molecule has 0 radical (unpaired) electrons. The van der Waals surface area contributed by atoms with E-state index < -0.39 is 11.6 Å². The van der Waals surface area contributed by atoms with Crippen LogP contribution in [0.4, 0.5) is 4.79 Å². The van der Waals surface area contributed by atoms with Crippen molar-refractivity contribution in [3.05, 3.63) is 17.7 Å². The Morgan fingerprint density at radius 2 is 2.05 bits per heavy atom. The van der Waals surface area contributed by atoms with Crippen LogP contribution < -0.4 is 0 Å². The van der Waals surface area contributed by atoms with E-state index in [4.69, 9.17) is 9.47 Å². The second kappa shape index (κ2) is 5.98. The van der Waals surface area contributed by atoms with Gasteiger partial charge in [0.2, 0.25) is 0 Å². The van der Waals surface area contributed by atoms with Crippen molar-refractivity contribution in [2.24, 2.45) is 0 Å². The van der Waals surface area contributed by atoms with Gasteiger partial charge < -0.3 is 14.0 Å². The molecule has 1 aromatic heterocycles. The summed E-state index contributed by atoms with van der Waals surface area (Å²) >= 11 is 0. The van der Waals surface area contributed by atoms with Gasteiger partial charge in [0.05, 0.1) is 12.6 Å².